The molecule has 4 nitrogen and oxygen atoms in total. The Bertz CT molecular complexity index is 467. The Hall–Kier alpha value is -0.970. The second-order valence-corrected chi connectivity index (χ2v) is 5.27. The Morgan fingerprint density at radius 1 is 1.40 bits per heavy atom. The van der Waals surface area contributed by atoms with Crippen LogP contribution in [-0.2, 0) is 11.3 Å². The topological polar surface area (TPSA) is 50.4 Å². The monoisotopic (exact) mass is 318 g/mol. The van der Waals surface area contributed by atoms with Crippen LogP contribution in [0, 0.1) is 0 Å². The molecule has 0 fully saturated rings. The molecule has 6 heteroatoms. The molecule has 112 valence electrons. The molecule has 2 N–H and O–H groups in total. The third-order valence-corrected chi connectivity index (χ3v) is 3.24. The summed E-state index contributed by atoms with van der Waals surface area (Å²) >= 11 is 12.2. The van der Waals surface area contributed by atoms with Crippen molar-refractivity contribution >= 4 is 29.1 Å². The fourth-order valence-electron chi connectivity index (χ4n) is 1.71. The lowest BCUT2D eigenvalue weighted by Gasteiger charge is -2.18. The van der Waals surface area contributed by atoms with Gasteiger partial charge in [0.1, 0.15) is 5.75 Å². The smallest absolute Gasteiger partial charge is 0.260 e. The summed E-state index contributed by atoms with van der Waals surface area (Å²) in [6.07, 6.45) is 0.405. The van der Waals surface area contributed by atoms with Crippen molar-refractivity contribution in [2.75, 3.05) is 13.6 Å². The van der Waals surface area contributed by atoms with Gasteiger partial charge in [0.2, 0.25) is 0 Å². The first-order chi connectivity index (χ1) is 9.49. The second-order valence-electron chi connectivity index (χ2n) is 4.43. The highest BCUT2D eigenvalue weighted by molar-refractivity contribution is 6.35. The minimum absolute atomic E-state index is 0.205. The average Bonchev–Trinajstić information content (AvgIpc) is 2.41. The molecule has 0 saturated heterocycles. The molecule has 1 atom stereocenters. The van der Waals surface area contributed by atoms with Gasteiger partial charge >= 0.3 is 0 Å². The number of halogens is 2. The fourth-order valence-corrected chi connectivity index (χ4v) is 2.29. The van der Waals surface area contributed by atoms with E-state index in [1.165, 1.54) is 0 Å². The summed E-state index contributed by atoms with van der Waals surface area (Å²) in [6.45, 7) is 5.23. The lowest BCUT2D eigenvalue weighted by atomic mass is 10.2. The van der Waals surface area contributed by atoms with Crippen molar-refractivity contribution < 1.29 is 9.53 Å². The SMILES string of the molecule is CCCNCc1cc(Cl)cc(Cl)c1OC(C)C(=O)NC. The quantitative estimate of drug-likeness (QED) is 0.760. The van der Waals surface area contributed by atoms with Crippen molar-refractivity contribution in [3.8, 4) is 5.75 Å². The molecule has 0 saturated carbocycles. The number of carbonyl (C=O) groups excluding carboxylic acids is 1. The van der Waals surface area contributed by atoms with Crippen LogP contribution in [0.4, 0.5) is 0 Å². The summed E-state index contributed by atoms with van der Waals surface area (Å²) in [7, 11) is 1.56. The minimum Gasteiger partial charge on any atom is -0.479 e. The number of ether oxygens (including phenoxy) is 1. The van der Waals surface area contributed by atoms with Gasteiger partial charge in [-0.25, -0.2) is 0 Å². The van der Waals surface area contributed by atoms with Crippen molar-refractivity contribution in [3.05, 3.63) is 27.7 Å². The van der Waals surface area contributed by atoms with Crippen LogP contribution < -0.4 is 15.4 Å². The zero-order valence-electron chi connectivity index (χ0n) is 11.9. The maximum atomic E-state index is 11.5. The van der Waals surface area contributed by atoms with Crippen LogP contribution in [0.2, 0.25) is 10.0 Å². The van der Waals surface area contributed by atoms with E-state index in [2.05, 4.69) is 17.6 Å². The minimum atomic E-state index is -0.622. The number of hydrogen-bond acceptors (Lipinski definition) is 3. The van der Waals surface area contributed by atoms with Crippen LogP contribution in [0.1, 0.15) is 25.8 Å². The van der Waals surface area contributed by atoms with Crippen molar-refractivity contribution in [1.82, 2.24) is 10.6 Å². The highest BCUT2D eigenvalue weighted by Crippen LogP contribution is 2.33. The first-order valence-corrected chi connectivity index (χ1v) is 7.32. The molecule has 0 aliphatic heterocycles. The van der Waals surface area contributed by atoms with Gasteiger partial charge in [0, 0.05) is 24.2 Å². The Morgan fingerprint density at radius 2 is 2.10 bits per heavy atom. The number of amides is 1. The van der Waals surface area contributed by atoms with E-state index in [0.717, 1.165) is 18.5 Å². The highest BCUT2D eigenvalue weighted by atomic mass is 35.5. The Morgan fingerprint density at radius 3 is 2.70 bits per heavy atom. The van der Waals surface area contributed by atoms with Crippen LogP contribution in [-0.4, -0.2) is 25.6 Å². The molecule has 1 unspecified atom stereocenters. The third-order valence-electron chi connectivity index (χ3n) is 2.74. The lowest BCUT2D eigenvalue weighted by molar-refractivity contribution is -0.126. The molecular weight excluding hydrogens is 299 g/mol. The van der Waals surface area contributed by atoms with Crippen LogP contribution in [0.15, 0.2) is 12.1 Å². The van der Waals surface area contributed by atoms with Crippen LogP contribution in [0.5, 0.6) is 5.75 Å². The van der Waals surface area contributed by atoms with Gasteiger partial charge in [0.25, 0.3) is 5.91 Å². The molecule has 0 aliphatic rings. The lowest BCUT2D eigenvalue weighted by Crippen LogP contribution is -2.34. The molecule has 0 bridgehead atoms. The molecule has 20 heavy (non-hydrogen) atoms. The number of hydrogen-bond donors (Lipinski definition) is 2. The van der Waals surface area contributed by atoms with E-state index in [9.17, 15) is 4.79 Å². The predicted molar refractivity (Wildman–Crippen MR) is 82.6 cm³/mol. The summed E-state index contributed by atoms with van der Waals surface area (Å²) in [5.74, 6) is 0.291. The zero-order chi connectivity index (χ0) is 15.1. The molecule has 0 radical (unpaired) electrons. The predicted octanol–water partition coefficient (Wildman–Crippen LogP) is 3.01. The van der Waals surface area contributed by atoms with Gasteiger partial charge in [0.05, 0.1) is 5.02 Å². The van der Waals surface area contributed by atoms with Crippen molar-refractivity contribution in [2.24, 2.45) is 0 Å². The van der Waals surface area contributed by atoms with Gasteiger partial charge < -0.3 is 15.4 Å². The highest BCUT2D eigenvalue weighted by Gasteiger charge is 2.18. The number of likely N-dealkylation sites (N-methyl/N-ethyl adjacent to an activating group) is 1. The van der Waals surface area contributed by atoms with E-state index in [4.69, 9.17) is 27.9 Å². The van der Waals surface area contributed by atoms with Gasteiger partial charge in [-0.1, -0.05) is 30.1 Å². The molecule has 0 aliphatic carbocycles. The molecule has 1 aromatic carbocycles. The van der Waals surface area contributed by atoms with Crippen LogP contribution >= 0.6 is 23.2 Å². The number of benzene rings is 1. The van der Waals surface area contributed by atoms with Crippen molar-refractivity contribution in [1.29, 1.82) is 0 Å². The van der Waals surface area contributed by atoms with Gasteiger partial charge in [0.15, 0.2) is 6.10 Å². The average molecular weight is 319 g/mol. The standard InChI is InChI=1S/C14H20Cl2N2O2/c1-4-5-18-8-10-6-11(15)7-12(16)13(10)20-9(2)14(19)17-3/h6-7,9,18H,4-5,8H2,1-3H3,(H,17,19). The summed E-state index contributed by atoms with van der Waals surface area (Å²) in [6, 6.07) is 3.40. The Kier molecular flexibility index (Phi) is 7.13. The van der Waals surface area contributed by atoms with E-state index in [1.54, 1.807) is 26.1 Å². The summed E-state index contributed by atoms with van der Waals surface area (Å²) in [4.78, 5) is 11.5. The molecule has 1 amide bonds. The van der Waals surface area contributed by atoms with Crippen molar-refractivity contribution in [3.63, 3.8) is 0 Å². The Labute approximate surface area is 129 Å². The number of carbonyl (C=O) groups is 1. The molecule has 0 aromatic heterocycles. The normalized spacial score (nSPS) is 12.1. The van der Waals surface area contributed by atoms with Crippen LogP contribution in [0.25, 0.3) is 0 Å². The van der Waals surface area contributed by atoms with E-state index in [1.807, 2.05) is 0 Å². The van der Waals surface area contributed by atoms with E-state index >= 15 is 0 Å². The molecule has 1 rings (SSSR count). The van der Waals surface area contributed by atoms with E-state index in [-0.39, 0.29) is 5.91 Å². The second kappa shape index (κ2) is 8.35. The largest absolute Gasteiger partial charge is 0.479 e. The van der Waals surface area contributed by atoms with E-state index < -0.39 is 6.10 Å². The first kappa shape index (κ1) is 17.1. The van der Waals surface area contributed by atoms with E-state index in [0.29, 0.717) is 22.3 Å². The third kappa shape index (κ3) is 4.85. The van der Waals surface area contributed by atoms with Gasteiger partial charge in [-0.2, -0.15) is 0 Å². The number of nitrogens with one attached hydrogen (secondary N) is 2. The van der Waals surface area contributed by atoms with Crippen LogP contribution in [0.3, 0.4) is 0 Å². The maximum absolute atomic E-state index is 11.5. The molecular formula is C14H20Cl2N2O2. The first-order valence-electron chi connectivity index (χ1n) is 6.56. The molecule has 1 aromatic rings. The van der Waals surface area contributed by atoms with Crippen molar-refractivity contribution in [2.45, 2.75) is 32.9 Å². The summed E-state index contributed by atoms with van der Waals surface area (Å²) in [5.41, 5.74) is 0.840. The van der Waals surface area contributed by atoms with Gasteiger partial charge in [-0.15, -0.1) is 0 Å². The van der Waals surface area contributed by atoms with Gasteiger partial charge in [-0.3, -0.25) is 4.79 Å². The summed E-state index contributed by atoms with van der Waals surface area (Å²) in [5, 5.41) is 6.75. The zero-order valence-corrected chi connectivity index (χ0v) is 13.4. The summed E-state index contributed by atoms with van der Waals surface area (Å²) < 4.78 is 5.67. The van der Waals surface area contributed by atoms with Gasteiger partial charge in [-0.05, 0) is 32.0 Å². The molecule has 0 heterocycles. The maximum Gasteiger partial charge on any atom is 0.260 e. The fraction of sp³-hybridized carbons (Fsp3) is 0.500. The molecule has 0 spiro atoms. The Balaban J connectivity index is 2.94. The number of rotatable bonds is 7.